The molecule has 26 heavy (non-hydrogen) atoms. The van der Waals surface area contributed by atoms with E-state index in [1.54, 1.807) is 0 Å². The Balaban J connectivity index is 0.000000263. The number of azide groups is 1. The van der Waals surface area contributed by atoms with E-state index >= 15 is 0 Å². The van der Waals surface area contributed by atoms with Gasteiger partial charge in [-0.15, -0.1) is 0 Å². The third kappa shape index (κ3) is 5.46. The minimum Gasteiger partial charge on any atom is -0.465 e. The van der Waals surface area contributed by atoms with Crippen molar-refractivity contribution < 1.29 is 41.7 Å². The van der Waals surface area contributed by atoms with Crippen molar-refractivity contribution in [3.05, 3.63) is 10.4 Å². The third-order valence-corrected chi connectivity index (χ3v) is 4.20. The van der Waals surface area contributed by atoms with E-state index in [1.165, 1.54) is 0 Å². The maximum absolute atomic E-state index is 12.9. The van der Waals surface area contributed by atoms with Crippen LogP contribution in [0.1, 0.15) is 13.8 Å². The molecule has 148 valence electrons. The zero-order valence-corrected chi connectivity index (χ0v) is 14.1. The molecule has 0 bridgehead atoms. The number of carbonyl (C=O) groups excluding carboxylic acids is 2. The zero-order chi connectivity index (χ0) is 20.1. The van der Waals surface area contributed by atoms with Gasteiger partial charge in [0, 0.05) is 31.2 Å². The van der Waals surface area contributed by atoms with Crippen LogP contribution in [0, 0.1) is 23.7 Å². The molecule has 2 rings (SSSR count). The molecule has 0 aliphatic heterocycles. The number of aliphatic hydroxyl groups is 1. The van der Waals surface area contributed by atoms with Crippen molar-refractivity contribution in [1.29, 1.82) is 0 Å². The molecule has 4 atom stereocenters. The molecule has 0 aromatic carbocycles. The van der Waals surface area contributed by atoms with Crippen molar-refractivity contribution in [3.63, 3.8) is 0 Å². The first-order chi connectivity index (χ1) is 12.0. The van der Waals surface area contributed by atoms with Gasteiger partial charge < -0.3 is 14.6 Å². The van der Waals surface area contributed by atoms with Gasteiger partial charge in [0.1, 0.15) is 13.2 Å². The van der Waals surface area contributed by atoms with Crippen LogP contribution >= 0.6 is 0 Å². The molecule has 0 aromatic rings. The minimum absolute atomic E-state index is 0.255. The van der Waals surface area contributed by atoms with Crippen molar-refractivity contribution in [2.45, 2.75) is 25.7 Å². The zero-order valence-electron chi connectivity index (χ0n) is 14.1. The summed E-state index contributed by atoms with van der Waals surface area (Å²) in [5, 5.41) is 11.5. The van der Waals surface area contributed by atoms with Crippen molar-refractivity contribution in [1.82, 2.24) is 0 Å². The molecular formula is C14H19F4N3O5. The molecule has 0 spiro atoms. The van der Waals surface area contributed by atoms with Crippen LogP contribution < -0.4 is 0 Å². The predicted molar refractivity (Wildman–Crippen MR) is 78.2 cm³/mol. The van der Waals surface area contributed by atoms with Crippen LogP contribution in [0.4, 0.5) is 17.6 Å². The van der Waals surface area contributed by atoms with Crippen LogP contribution in [0.3, 0.4) is 0 Å². The largest absolute Gasteiger partial charge is 0.465 e. The lowest BCUT2D eigenvalue weighted by molar-refractivity contribution is -0.143. The quantitative estimate of drug-likeness (QED) is 0.237. The fraction of sp³-hybridized carbons (Fsp3) is 0.857. The second-order valence-corrected chi connectivity index (χ2v) is 5.98. The third-order valence-electron chi connectivity index (χ3n) is 4.20. The fourth-order valence-electron chi connectivity index (χ4n) is 2.41. The summed E-state index contributed by atoms with van der Waals surface area (Å²) in [6, 6.07) is 0. The molecule has 2 saturated carbocycles. The number of ether oxygens (including phenoxy) is 2. The Morgan fingerprint density at radius 3 is 1.77 bits per heavy atom. The van der Waals surface area contributed by atoms with Crippen LogP contribution in [-0.2, 0) is 19.1 Å². The molecule has 0 unspecified atom stereocenters. The molecule has 0 radical (unpaired) electrons. The number of nitrogens with zero attached hydrogens (tertiary/aromatic N) is 3. The summed E-state index contributed by atoms with van der Waals surface area (Å²) < 4.78 is 59.7. The van der Waals surface area contributed by atoms with Gasteiger partial charge in [0.05, 0.1) is 24.4 Å². The SMILES string of the molecule is CC(=O)OC[C@@H]1[C@@H](CN=[N+]=[N-])C1(F)F.CC(=O)OC[C@@H]1[C@@H](CO)C1(F)F. The molecule has 12 heteroatoms. The van der Waals surface area contributed by atoms with Crippen LogP contribution in [0.5, 0.6) is 0 Å². The van der Waals surface area contributed by atoms with Crippen LogP contribution in [-0.4, -0.2) is 55.3 Å². The molecule has 0 heterocycles. The summed E-state index contributed by atoms with van der Waals surface area (Å²) in [6.07, 6.45) is 0. The Hall–Kier alpha value is -2.07. The normalized spacial score (nSPS) is 29.3. The van der Waals surface area contributed by atoms with E-state index in [9.17, 15) is 27.2 Å². The standard InChI is InChI=1S/C7H9F2N3O2.C7H10F2O3/c1-4(13)14-3-6-5(2-11-12-10)7(6,8)9;1-4(11)12-3-6-5(2-10)7(6,8)9/h5-6H,2-3H2,1H3;5-6,10H,2-3H2,1H3/t2*5-,6-/m11/s1. The highest BCUT2D eigenvalue weighted by Gasteiger charge is 2.68. The van der Waals surface area contributed by atoms with Crippen molar-refractivity contribution in [3.8, 4) is 0 Å². The first-order valence-electron chi connectivity index (χ1n) is 7.64. The summed E-state index contributed by atoms with van der Waals surface area (Å²) in [4.78, 5) is 23.0. The first kappa shape index (κ1) is 22.0. The first-order valence-corrected chi connectivity index (χ1v) is 7.64. The lowest BCUT2D eigenvalue weighted by Gasteiger charge is -1.98. The van der Waals surface area contributed by atoms with Crippen LogP contribution in [0.2, 0.25) is 0 Å². The minimum atomic E-state index is -2.87. The summed E-state index contributed by atoms with van der Waals surface area (Å²) in [5.74, 6) is -10.9. The Morgan fingerprint density at radius 1 is 1.00 bits per heavy atom. The lowest BCUT2D eigenvalue weighted by Crippen LogP contribution is -2.06. The maximum Gasteiger partial charge on any atom is 0.302 e. The van der Waals surface area contributed by atoms with E-state index in [4.69, 9.17) is 10.6 Å². The van der Waals surface area contributed by atoms with E-state index in [1.807, 2.05) is 0 Å². The van der Waals surface area contributed by atoms with Gasteiger partial charge in [0.15, 0.2) is 0 Å². The molecule has 8 nitrogen and oxygen atoms in total. The molecule has 2 fully saturated rings. The maximum atomic E-state index is 12.9. The van der Waals surface area contributed by atoms with Gasteiger partial charge in [-0.2, -0.15) is 0 Å². The molecule has 0 saturated heterocycles. The highest BCUT2D eigenvalue weighted by Crippen LogP contribution is 2.55. The average molecular weight is 385 g/mol. The summed E-state index contributed by atoms with van der Waals surface area (Å²) >= 11 is 0. The molecule has 2 aliphatic rings. The smallest absolute Gasteiger partial charge is 0.302 e. The van der Waals surface area contributed by atoms with Crippen molar-refractivity contribution >= 4 is 11.9 Å². The van der Waals surface area contributed by atoms with E-state index in [0.29, 0.717) is 0 Å². The van der Waals surface area contributed by atoms with Crippen LogP contribution in [0.15, 0.2) is 5.11 Å². The Morgan fingerprint density at radius 2 is 1.42 bits per heavy atom. The highest BCUT2D eigenvalue weighted by molar-refractivity contribution is 5.66. The number of aliphatic hydroxyl groups excluding tert-OH is 1. The fourth-order valence-corrected chi connectivity index (χ4v) is 2.41. The van der Waals surface area contributed by atoms with Gasteiger partial charge in [0.25, 0.3) is 11.8 Å². The summed E-state index contributed by atoms with van der Waals surface area (Å²) in [7, 11) is 0. The molecule has 0 aromatic heterocycles. The number of rotatable bonds is 7. The second kappa shape index (κ2) is 8.54. The number of carbonyl (C=O) groups is 2. The topological polar surface area (TPSA) is 122 Å². The van der Waals surface area contributed by atoms with Gasteiger partial charge in [-0.25, -0.2) is 17.6 Å². The van der Waals surface area contributed by atoms with Gasteiger partial charge in [-0.05, 0) is 5.53 Å². The highest BCUT2D eigenvalue weighted by atomic mass is 19.3. The van der Waals surface area contributed by atoms with Gasteiger partial charge in [-0.1, -0.05) is 5.11 Å². The van der Waals surface area contributed by atoms with Gasteiger partial charge in [0.2, 0.25) is 0 Å². The average Bonchev–Trinajstić information content (AvgIpc) is 3.28. The summed E-state index contributed by atoms with van der Waals surface area (Å²) in [5.41, 5.74) is 7.95. The number of halogens is 4. The number of hydrogen-bond acceptors (Lipinski definition) is 6. The van der Waals surface area contributed by atoms with E-state index in [2.05, 4.69) is 19.5 Å². The summed E-state index contributed by atoms with van der Waals surface area (Å²) in [6.45, 7) is 0.896. The van der Waals surface area contributed by atoms with E-state index in [-0.39, 0.29) is 19.8 Å². The molecule has 0 amide bonds. The van der Waals surface area contributed by atoms with Crippen LogP contribution in [0.25, 0.3) is 10.4 Å². The van der Waals surface area contributed by atoms with Gasteiger partial charge >= 0.3 is 11.9 Å². The van der Waals surface area contributed by atoms with Crippen molar-refractivity contribution in [2.24, 2.45) is 28.8 Å². The molecule has 2 aliphatic carbocycles. The van der Waals surface area contributed by atoms with Crippen molar-refractivity contribution in [2.75, 3.05) is 26.4 Å². The van der Waals surface area contributed by atoms with Gasteiger partial charge in [-0.3, -0.25) is 9.59 Å². The molecule has 1 N–H and O–H groups in total. The van der Waals surface area contributed by atoms with E-state index < -0.39 is 54.1 Å². The number of esters is 2. The Kier molecular flexibility index (Phi) is 7.22. The predicted octanol–water partition coefficient (Wildman–Crippen LogP) is 2.16. The second-order valence-electron chi connectivity index (χ2n) is 5.98. The lowest BCUT2D eigenvalue weighted by atomic mass is 10.3. The van der Waals surface area contributed by atoms with E-state index in [0.717, 1.165) is 13.8 Å². The monoisotopic (exact) mass is 385 g/mol. The Labute approximate surface area is 146 Å². The Bertz CT molecular complexity index is 583. The molecular weight excluding hydrogens is 366 g/mol. The number of hydrogen-bond donors (Lipinski definition) is 1. The number of alkyl halides is 4.